The Labute approximate surface area is 162 Å². The van der Waals surface area contributed by atoms with Gasteiger partial charge in [-0.1, -0.05) is 26.0 Å². The molecule has 1 rings (SSSR count). The molecule has 0 heterocycles. The highest BCUT2D eigenvalue weighted by Gasteiger charge is 2.24. The Hall–Kier alpha value is -2.28. The van der Waals surface area contributed by atoms with Crippen LogP contribution >= 0.6 is 0 Å². The van der Waals surface area contributed by atoms with Crippen molar-refractivity contribution in [1.29, 1.82) is 0 Å². The summed E-state index contributed by atoms with van der Waals surface area (Å²) < 4.78 is 5.21. The number of nitrogens with two attached hydrogens (primary N) is 1. The van der Waals surface area contributed by atoms with E-state index in [0.29, 0.717) is 13.0 Å². The van der Waals surface area contributed by atoms with Gasteiger partial charge in [-0.05, 0) is 57.9 Å². The minimum Gasteiger partial charge on any atom is -0.508 e. The van der Waals surface area contributed by atoms with E-state index in [1.807, 2.05) is 6.92 Å². The first-order valence-corrected chi connectivity index (χ1v) is 9.38. The predicted molar refractivity (Wildman–Crippen MR) is 108 cm³/mol. The fourth-order valence-electron chi connectivity index (χ4n) is 1.90. The van der Waals surface area contributed by atoms with Crippen LogP contribution < -0.4 is 16.4 Å². The monoisotopic (exact) mass is 381 g/mol. The molecule has 0 radical (unpaired) electrons. The first-order chi connectivity index (χ1) is 12.6. The van der Waals surface area contributed by atoms with E-state index in [0.717, 1.165) is 24.9 Å². The fraction of sp³-hybridized carbons (Fsp3) is 0.600. The molecule has 0 saturated heterocycles. The van der Waals surface area contributed by atoms with Crippen LogP contribution in [0.15, 0.2) is 24.3 Å². The number of phenolic OH excluding ortho intramolecular Hbond substituents is 1. The van der Waals surface area contributed by atoms with Crippen LogP contribution in [-0.2, 0) is 16.0 Å². The van der Waals surface area contributed by atoms with Gasteiger partial charge in [-0.15, -0.1) is 0 Å². The van der Waals surface area contributed by atoms with Gasteiger partial charge in [0.2, 0.25) is 5.91 Å². The third-order valence-corrected chi connectivity index (χ3v) is 3.22. The zero-order chi connectivity index (χ0) is 20.9. The minimum absolute atomic E-state index is 0.154. The summed E-state index contributed by atoms with van der Waals surface area (Å²) in [5.74, 6) is -0.105. The van der Waals surface area contributed by atoms with Crippen LogP contribution in [0.2, 0.25) is 0 Å². The van der Waals surface area contributed by atoms with Gasteiger partial charge in [0.25, 0.3) is 0 Å². The second-order valence-corrected chi connectivity index (χ2v) is 7.15. The number of nitrogens with one attached hydrogen (secondary N) is 2. The number of ether oxygens (including phenoxy) is 1. The number of carbonyl (C=O) groups excluding carboxylic acids is 2. The maximum Gasteiger partial charge on any atom is 0.408 e. The molecule has 7 heteroatoms. The molecule has 0 aromatic heterocycles. The highest BCUT2D eigenvalue weighted by molar-refractivity contribution is 5.86. The number of amides is 2. The van der Waals surface area contributed by atoms with Gasteiger partial charge in [0.05, 0.1) is 0 Å². The van der Waals surface area contributed by atoms with Gasteiger partial charge in [0.1, 0.15) is 17.4 Å². The maximum absolute atomic E-state index is 12.2. The molecule has 0 bridgehead atoms. The second-order valence-electron chi connectivity index (χ2n) is 7.15. The summed E-state index contributed by atoms with van der Waals surface area (Å²) in [7, 11) is 0. The molecular weight excluding hydrogens is 346 g/mol. The van der Waals surface area contributed by atoms with Gasteiger partial charge in [-0.3, -0.25) is 4.79 Å². The quantitative estimate of drug-likeness (QED) is 0.580. The Morgan fingerprint density at radius 1 is 1.15 bits per heavy atom. The van der Waals surface area contributed by atoms with E-state index in [1.165, 1.54) is 0 Å². The van der Waals surface area contributed by atoms with Crippen LogP contribution in [0.3, 0.4) is 0 Å². The predicted octanol–water partition coefficient (Wildman–Crippen LogP) is 2.71. The maximum atomic E-state index is 12.2. The normalized spacial score (nSPS) is 11.6. The molecule has 27 heavy (non-hydrogen) atoms. The van der Waals surface area contributed by atoms with Crippen molar-refractivity contribution in [2.75, 3.05) is 13.1 Å². The Morgan fingerprint density at radius 2 is 1.70 bits per heavy atom. The number of benzene rings is 1. The van der Waals surface area contributed by atoms with Crippen LogP contribution in [-0.4, -0.2) is 41.8 Å². The lowest BCUT2D eigenvalue weighted by atomic mass is 10.1. The lowest BCUT2D eigenvalue weighted by Crippen LogP contribution is -2.49. The molecule has 7 nitrogen and oxygen atoms in total. The van der Waals surface area contributed by atoms with Crippen molar-refractivity contribution >= 4 is 12.0 Å². The Bertz CT molecular complexity index is 551. The topological polar surface area (TPSA) is 114 Å². The van der Waals surface area contributed by atoms with Crippen molar-refractivity contribution in [2.24, 2.45) is 5.73 Å². The number of aromatic hydroxyl groups is 1. The Morgan fingerprint density at radius 3 is 2.15 bits per heavy atom. The number of alkyl carbamates (subject to hydrolysis) is 1. The van der Waals surface area contributed by atoms with E-state index < -0.39 is 17.7 Å². The molecule has 0 saturated carbocycles. The van der Waals surface area contributed by atoms with Crippen molar-refractivity contribution in [1.82, 2.24) is 10.6 Å². The largest absolute Gasteiger partial charge is 0.508 e. The summed E-state index contributed by atoms with van der Waals surface area (Å²) in [6, 6.07) is 5.78. The van der Waals surface area contributed by atoms with E-state index in [1.54, 1.807) is 45.0 Å². The SMILES string of the molecule is CCCN.CCCNC(=O)[C@H](Cc1ccc(O)cc1)NC(=O)OC(C)(C)C. The molecule has 0 fully saturated rings. The minimum atomic E-state index is -0.735. The highest BCUT2D eigenvalue weighted by atomic mass is 16.6. The highest BCUT2D eigenvalue weighted by Crippen LogP contribution is 2.12. The standard InChI is InChI=1S/C17H26N2O4.C3H9N/c1-5-10-18-15(21)14(19-16(22)23-17(2,3)4)11-12-6-8-13(20)9-7-12;1-2-3-4/h6-9,14,20H,5,10-11H2,1-4H3,(H,18,21)(H,19,22);2-4H2,1H3/t14-;/m0./s1. The third-order valence-electron chi connectivity index (χ3n) is 3.22. The van der Waals surface area contributed by atoms with Gasteiger partial charge in [-0.2, -0.15) is 0 Å². The van der Waals surface area contributed by atoms with Crippen LogP contribution in [0.25, 0.3) is 0 Å². The van der Waals surface area contributed by atoms with Crippen molar-refractivity contribution in [2.45, 2.75) is 65.5 Å². The summed E-state index contributed by atoms with van der Waals surface area (Å²) in [6.07, 6.45) is 1.59. The first kappa shape index (κ1) is 24.7. The van der Waals surface area contributed by atoms with Crippen LogP contribution in [0.4, 0.5) is 4.79 Å². The molecule has 154 valence electrons. The van der Waals surface area contributed by atoms with E-state index in [9.17, 15) is 14.7 Å². The molecule has 0 spiro atoms. The summed E-state index contributed by atoms with van der Waals surface area (Å²) in [5, 5.41) is 14.7. The average Bonchev–Trinajstić information content (AvgIpc) is 2.59. The van der Waals surface area contributed by atoms with E-state index >= 15 is 0 Å². The molecule has 0 unspecified atom stereocenters. The van der Waals surface area contributed by atoms with Gasteiger partial charge < -0.3 is 26.2 Å². The summed E-state index contributed by atoms with van der Waals surface area (Å²) in [4.78, 5) is 24.2. The Balaban J connectivity index is 0.00000153. The third kappa shape index (κ3) is 12.7. The molecule has 2 amide bonds. The van der Waals surface area contributed by atoms with Gasteiger partial charge >= 0.3 is 6.09 Å². The molecule has 1 aromatic carbocycles. The number of hydrogen-bond donors (Lipinski definition) is 4. The van der Waals surface area contributed by atoms with E-state index in [2.05, 4.69) is 17.6 Å². The summed E-state index contributed by atoms with van der Waals surface area (Å²) in [5.41, 5.74) is 5.23. The van der Waals surface area contributed by atoms with Crippen LogP contribution in [0.1, 0.15) is 53.0 Å². The molecule has 5 N–H and O–H groups in total. The lowest BCUT2D eigenvalue weighted by Gasteiger charge is -2.23. The van der Waals surface area contributed by atoms with Gasteiger partial charge in [-0.25, -0.2) is 4.79 Å². The fourth-order valence-corrected chi connectivity index (χ4v) is 1.90. The van der Waals surface area contributed by atoms with Crippen molar-refractivity contribution in [3.63, 3.8) is 0 Å². The smallest absolute Gasteiger partial charge is 0.408 e. The number of carbonyl (C=O) groups is 2. The average molecular weight is 382 g/mol. The molecule has 0 aliphatic heterocycles. The number of rotatable bonds is 7. The van der Waals surface area contributed by atoms with E-state index in [-0.39, 0.29) is 11.7 Å². The van der Waals surface area contributed by atoms with Crippen molar-refractivity contribution < 1.29 is 19.4 Å². The molecule has 0 aliphatic carbocycles. The number of phenols is 1. The van der Waals surface area contributed by atoms with Crippen LogP contribution in [0.5, 0.6) is 5.75 Å². The lowest BCUT2D eigenvalue weighted by molar-refractivity contribution is -0.123. The zero-order valence-corrected chi connectivity index (χ0v) is 17.2. The molecule has 1 aromatic rings. The molecule has 1 atom stereocenters. The Kier molecular flexibility index (Phi) is 11.9. The van der Waals surface area contributed by atoms with E-state index in [4.69, 9.17) is 10.5 Å². The van der Waals surface area contributed by atoms with Crippen molar-refractivity contribution in [3.05, 3.63) is 29.8 Å². The van der Waals surface area contributed by atoms with Gasteiger partial charge in [0.15, 0.2) is 0 Å². The van der Waals surface area contributed by atoms with Crippen molar-refractivity contribution in [3.8, 4) is 5.75 Å². The van der Waals surface area contributed by atoms with Crippen LogP contribution in [0, 0.1) is 0 Å². The molecule has 0 aliphatic rings. The summed E-state index contributed by atoms with van der Waals surface area (Å²) >= 11 is 0. The first-order valence-electron chi connectivity index (χ1n) is 9.38. The molecular formula is C20H35N3O4. The van der Waals surface area contributed by atoms with Gasteiger partial charge in [0, 0.05) is 13.0 Å². The zero-order valence-electron chi connectivity index (χ0n) is 17.2. The number of hydrogen-bond acceptors (Lipinski definition) is 5. The second kappa shape index (κ2) is 13.0. The summed E-state index contributed by atoms with van der Waals surface area (Å²) in [6.45, 7) is 10.7.